The minimum absolute atomic E-state index is 0.0998. The first-order chi connectivity index (χ1) is 16.6. The highest BCUT2D eigenvalue weighted by Crippen LogP contribution is 2.35. The molecule has 1 saturated heterocycles. The number of nitrogens with zero attached hydrogens (tertiary/aromatic N) is 2. The maximum Gasteiger partial charge on any atom is 0.122 e. The third kappa shape index (κ3) is 7.70. The zero-order valence-electron chi connectivity index (χ0n) is 21.0. The fourth-order valence-electron chi connectivity index (χ4n) is 4.69. The summed E-state index contributed by atoms with van der Waals surface area (Å²) in [6, 6.07) is 12.5. The lowest BCUT2D eigenvalue weighted by Gasteiger charge is -2.20. The third-order valence-corrected chi connectivity index (χ3v) is 6.64. The smallest absolute Gasteiger partial charge is 0.122 e. The highest BCUT2D eigenvalue weighted by molar-refractivity contribution is 5.74. The van der Waals surface area contributed by atoms with Crippen LogP contribution in [0.15, 0.2) is 36.4 Å². The van der Waals surface area contributed by atoms with Crippen molar-refractivity contribution in [1.29, 1.82) is 0 Å². The van der Waals surface area contributed by atoms with Gasteiger partial charge in [-0.1, -0.05) is 24.3 Å². The molecule has 0 saturated carbocycles. The molecule has 0 spiro atoms. The first-order valence-corrected chi connectivity index (χ1v) is 12.8. The molecule has 2 aromatic carbocycles. The van der Waals surface area contributed by atoms with Gasteiger partial charge in [-0.3, -0.25) is 4.90 Å². The van der Waals surface area contributed by atoms with Crippen LogP contribution >= 0.6 is 0 Å². The summed E-state index contributed by atoms with van der Waals surface area (Å²) in [6.45, 7) is 11.3. The lowest BCUT2D eigenvalue weighted by atomic mass is 9.95. The van der Waals surface area contributed by atoms with Crippen LogP contribution in [-0.2, 0) is 0 Å². The normalized spacial score (nSPS) is 14.1. The number of aliphatic hydroxyl groups excluding tert-OH is 2. The highest BCUT2D eigenvalue weighted by atomic mass is 16.5. The summed E-state index contributed by atoms with van der Waals surface area (Å²) < 4.78 is 12.3. The second kappa shape index (κ2) is 14.3. The highest BCUT2D eigenvalue weighted by Gasteiger charge is 2.14. The molecule has 0 aromatic heterocycles. The van der Waals surface area contributed by atoms with E-state index in [4.69, 9.17) is 19.7 Å². The Hall–Kier alpha value is -2.12. The summed E-state index contributed by atoms with van der Waals surface area (Å²) in [4.78, 5) is 4.57. The van der Waals surface area contributed by atoms with Gasteiger partial charge in [0, 0.05) is 26.2 Å². The van der Waals surface area contributed by atoms with Crippen molar-refractivity contribution in [2.45, 2.75) is 39.5 Å². The van der Waals surface area contributed by atoms with Crippen LogP contribution in [0.1, 0.15) is 36.8 Å². The van der Waals surface area contributed by atoms with E-state index in [0.29, 0.717) is 19.7 Å². The summed E-state index contributed by atoms with van der Waals surface area (Å²) in [6.07, 6.45) is 4.55. The average Bonchev–Trinajstić information content (AvgIpc) is 3.35. The van der Waals surface area contributed by atoms with E-state index in [0.717, 1.165) is 55.2 Å². The molecule has 1 heterocycles. The molecule has 6 heteroatoms. The summed E-state index contributed by atoms with van der Waals surface area (Å²) in [5.41, 5.74) is 4.63. The van der Waals surface area contributed by atoms with Gasteiger partial charge in [-0.15, -0.1) is 0 Å². The van der Waals surface area contributed by atoms with Crippen LogP contribution in [0.2, 0.25) is 0 Å². The van der Waals surface area contributed by atoms with Crippen LogP contribution in [0.3, 0.4) is 0 Å². The molecular formula is C28H42N2O4. The number of ether oxygens (including phenoxy) is 2. The maximum absolute atomic E-state index is 9.15. The van der Waals surface area contributed by atoms with Crippen LogP contribution in [0, 0.1) is 13.8 Å². The minimum atomic E-state index is 0.0998. The van der Waals surface area contributed by atoms with E-state index < -0.39 is 0 Å². The summed E-state index contributed by atoms with van der Waals surface area (Å²) in [7, 11) is 0. The van der Waals surface area contributed by atoms with Crippen molar-refractivity contribution in [3.05, 3.63) is 47.5 Å². The van der Waals surface area contributed by atoms with Crippen molar-refractivity contribution in [1.82, 2.24) is 9.80 Å². The number of rotatable bonds is 15. The molecule has 1 aliphatic rings. The van der Waals surface area contributed by atoms with Crippen LogP contribution in [0.4, 0.5) is 0 Å². The molecule has 188 valence electrons. The monoisotopic (exact) mass is 470 g/mol. The van der Waals surface area contributed by atoms with E-state index in [1.54, 1.807) is 0 Å². The van der Waals surface area contributed by atoms with E-state index in [9.17, 15) is 0 Å². The van der Waals surface area contributed by atoms with Gasteiger partial charge in [-0.05, 0) is 87.0 Å². The van der Waals surface area contributed by atoms with Gasteiger partial charge in [0.2, 0.25) is 0 Å². The Bertz CT molecular complexity index is 861. The molecule has 0 unspecified atom stereocenters. The maximum atomic E-state index is 9.15. The second-order valence-electron chi connectivity index (χ2n) is 9.10. The number of aliphatic hydroxyl groups is 2. The number of hydrogen-bond donors (Lipinski definition) is 2. The van der Waals surface area contributed by atoms with Gasteiger partial charge >= 0.3 is 0 Å². The molecular weight excluding hydrogens is 428 g/mol. The Kier molecular flexibility index (Phi) is 11.2. The number of benzene rings is 2. The van der Waals surface area contributed by atoms with Crippen LogP contribution in [0.25, 0.3) is 11.1 Å². The Morgan fingerprint density at radius 1 is 0.765 bits per heavy atom. The molecule has 0 bridgehead atoms. The lowest BCUT2D eigenvalue weighted by molar-refractivity contribution is 0.152. The molecule has 6 nitrogen and oxygen atoms in total. The standard InChI is InChI=1S/C28H42N2O4/c1-23-25(9-5-11-27(23)33-21-7-15-29-13-3-4-14-29)26-10-6-12-28(24(26)2)34-22-8-16-30(17-19-31)18-20-32/h5-6,9-12,31-32H,3-4,7-8,13-22H2,1-2H3. The molecule has 1 aliphatic heterocycles. The summed E-state index contributed by atoms with van der Waals surface area (Å²) in [5, 5.41) is 18.3. The zero-order valence-corrected chi connectivity index (χ0v) is 21.0. The molecule has 0 aliphatic carbocycles. The van der Waals surface area contributed by atoms with Gasteiger partial charge < -0.3 is 24.6 Å². The molecule has 0 radical (unpaired) electrons. The average molecular weight is 471 g/mol. The Morgan fingerprint density at radius 3 is 1.82 bits per heavy atom. The molecule has 0 amide bonds. The number of likely N-dealkylation sites (tertiary alicyclic amines) is 1. The first-order valence-electron chi connectivity index (χ1n) is 12.8. The summed E-state index contributed by atoms with van der Waals surface area (Å²) >= 11 is 0. The molecule has 1 fully saturated rings. The van der Waals surface area contributed by atoms with E-state index in [1.165, 1.54) is 37.1 Å². The second-order valence-corrected chi connectivity index (χ2v) is 9.10. The van der Waals surface area contributed by atoms with Crippen LogP contribution in [-0.4, -0.2) is 85.7 Å². The summed E-state index contributed by atoms with van der Waals surface area (Å²) in [5.74, 6) is 1.85. The van der Waals surface area contributed by atoms with Gasteiger partial charge in [-0.2, -0.15) is 0 Å². The van der Waals surface area contributed by atoms with E-state index >= 15 is 0 Å². The first kappa shape index (κ1) is 26.5. The van der Waals surface area contributed by atoms with Gasteiger partial charge in [0.1, 0.15) is 11.5 Å². The van der Waals surface area contributed by atoms with Gasteiger partial charge in [-0.25, -0.2) is 0 Å². The molecule has 34 heavy (non-hydrogen) atoms. The van der Waals surface area contributed by atoms with Gasteiger partial charge in [0.25, 0.3) is 0 Å². The van der Waals surface area contributed by atoms with Crippen molar-refractivity contribution in [3.63, 3.8) is 0 Å². The van der Waals surface area contributed by atoms with E-state index in [1.807, 2.05) is 17.0 Å². The SMILES string of the molecule is Cc1c(OCCCN(CCO)CCO)cccc1-c1cccc(OCCCN2CCCC2)c1C. The Balaban J connectivity index is 1.57. The molecule has 2 N–H and O–H groups in total. The van der Waals surface area contributed by atoms with E-state index in [2.05, 4.69) is 43.0 Å². The Morgan fingerprint density at radius 2 is 1.29 bits per heavy atom. The van der Waals surface area contributed by atoms with Crippen LogP contribution < -0.4 is 9.47 Å². The quantitative estimate of drug-likeness (QED) is 0.385. The third-order valence-electron chi connectivity index (χ3n) is 6.64. The van der Waals surface area contributed by atoms with Crippen molar-refractivity contribution in [2.24, 2.45) is 0 Å². The number of hydrogen-bond acceptors (Lipinski definition) is 6. The predicted molar refractivity (Wildman–Crippen MR) is 138 cm³/mol. The van der Waals surface area contributed by atoms with Gasteiger partial charge in [0.15, 0.2) is 0 Å². The fraction of sp³-hybridized carbons (Fsp3) is 0.571. The lowest BCUT2D eigenvalue weighted by Crippen LogP contribution is -2.31. The predicted octanol–water partition coefficient (Wildman–Crippen LogP) is 3.89. The Labute approximate surface area is 205 Å². The van der Waals surface area contributed by atoms with Crippen molar-refractivity contribution in [2.75, 3.05) is 65.7 Å². The molecule has 3 rings (SSSR count). The van der Waals surface area contributed by atoms with Crippen molar-refractivity contribution >= 4 is 0 Å². The van der Waals surface area contributed by atoms with Crippen molar-refractivity contribution < 1.29 is 19.7 Å². The van der Waals surface area contributed by atoms with Crippen LogP contribution in [0.5, 0.6) is 11.5 Å². The largest absolute Gasteiger partial charge is 0.493 e. The molecule has 0 atom stereocenters. The molecule has 2 aromatic rings. The zero-order chi connectivity index (χ0) is 24.2. The minimum Gasteiger partial charge on any atom is -0.493 e. The van der Waals surface area contributed by atoms with Crippen molar-refractivity contribution in [3.8, 4) is 22.6 Å². The fourth-order valence-corrected chi connectivity index (χ4v) is 4.69. The van der Waals surface area contributed by atoms with Gasteiger partial charge in [0.05, 0.1) is 26.4 Å². The van der Waals surface area contributed by atoms with E-state index in [-0.39, 0.29) is 13.2 Å². The topological polar surface area (TPSA) is 65.4 Å².